The standard InChI is InChI=1S/C32H41N5O7/c1-20(2)16-24(33-29(40)22-10-12-23(13-11-22)35(3)4)30(41)36-15-14-26-28(36)27(39)17-37(26)31(42)25(18-38)34-32(43)44-19-21-8-6-5-7-9-21/h5-13,20,24-26,28,38H,14-19H2,1-4H3,(H,33,40)(H,34,43)/t24-,25-,26+,28-/m0/s1. The maximum absolute atomic E-state index is 13.8. The van der Waals surface area contributed by atoms with Crippen LogP contribution in [-0.2, 0) is 25.7 Å². The van der Waals surface area contributed by atoms with Crippen molar-refractivity contribution in [1.82, 2.24) is 20.4 Å². The summed E-state index contributed by atoms with van der Waals surface area (Å²) < 4.78 is 5.18. The van der Waals surface area contributed by atoms with Gasteiger partial charge < -0.3 is 35.2 Å². The SMILES string of the molecule is CC(C)C[C@H](NC(=O)c1ccc(N(C)C)cc1)C(=O)N1CC[C@@H]2[C@H]1C(=O)CN2C(=O)[C@H](CO)NC(=O)OCc1ccccc1. The van der Waals surface area contributed by atoms with Gasteiger partial charge in [0.25, 0.3) is 5.91 Å². The van der Waals surface area contributed by atoms with E-state index in [9.17, 15) is 29.1 Å². The summed E-state index contributed by atoms with van der Waals surface area (Å²) in [6, 6.07) is 12.4. The Kier molecular flexibility index (Phi) is 10.6. The van der Waals surface area contributed by atoms with Crippen LogP contribution in [0.2, 0.25) is 0 Å². The van der Waals surface area contributed by atoms with Crippen molar-refractivity contribution in [2.24, 2.45) is 5.92 Å². The first-order valence-electron chi connectivity index (χ1n) is 14.8. The lowest BCUT2D eigenvalue weighted by Crippen LogP contribution is -2.54. The molecule has 0 aliphatic carbocycles. The number of hydrogen-bond donors (Lipinski definition) is 3. The molecular weight excluding hydrogens is 566 g/mol. The van der Waals surface area contributed by atoms with Gasteiger partial charge in [0.05, 0.1) is 19.2 Å². The molecule has 2 aliphatic rings. The molecule has 12 heteroatoms. The van der Waals surface area contributed by atoms with Crippen LogP contribution in [0.1, 0.15) is 42.6 Å². The number of alkyl carbamates (subject to hydrolysis) is 1. The Labute approximate surface area is 257 Å². The van der Waals surface area contributed by atoms with Crippen LogP contribution in [0.5, 0.6) is 0 Å². The number of aliphatic hydroxyl groups excluding tert-OH is 1. The highest BCUT2D eigenvalue weighted by Gasteiger charge is 2.53. The van der Waals surface area contributed by atoms with Gasteiger partial charge >= 0.3 is 6.09 Å². The molecule has 0 bridgehead atoms. The number of aliphatic hydroxyl groups is 1. The van der Waals surface area contributed by atoms with Crippen molar-refractivity contribution in [3.05, 3.63) is 65.7 Å². The van der Waals surface area contributed by atoms with Gasteiger partial charge in [-0.1, -0.05) is 44.2 Å². The lowest BCUT2D eigenvalue weighted by Gasteiger charge is -2.29. The van der Waals surface area contributed by atoms with Crippen molar-refractivity contribution >= 4 is 35.3 Å². The average molecular weight is 608 g/mol. The Morgan fingerprint density at radius 3 is 2.23 bits per heavy atom. The fraction of sp³-hybridized carbons (Fsp3) is 0.469. The van der Waals surface area contributed by atoms with Gasteiger partial charge in [-0.15, -0.1) is 0 Å². The molecule has 2 aliphatic heterocycles. The summed E-state index contributed by atoms with van der Waals surface area (Å²) in [5.74, 6) is -1.64. The van der Waals surface area contributed by atoms with Crippen LogP contribution >= 0.6 is 0 Å². The van der Waals surface area contributed by atoms with Crippen LogP contribution in [0.4, 0.5) is 10.5 Å². The van der Waals surface area contributed by atoms with E-state index >= 15 is 0 Å². The van der Waals surface area contributed by atoms with Crippen LogP contribution in [-0.4, -0.2) is 102 Å². The minimum Gasteiger partial charge on any atom is -0.445 e. The first kappa shape index (κ1) is 32.5. The molecule has 3 N–H and O–H groups in total. The zero-order valence-corrected chi connectivity index (χ0v) is 25.6. The number of fused-ring (bicyclic) bond motifs is 1. The number of rotatable bonds is 11. The number of hydrogen-bond acceptors (Lipinski definition) is 8. The number of ketones is 1. The smallest absolute Gasteiger partial charge is 0.408 e. The van der Waals surface area contributed by atoms with Crippen LogP contribution in [0.25, 0.3) is 0 Å². The van der Waals surface area contributed by atoms with Crippen molar-refractivity contribution in [2.45, 2.75) is 57.5 Å². The van der Waals surface area contributed by atoms with Gasteiger partial charge in [0.15, 0.2) is 5.78 Å². The molecule has 4 rings (SSSR count). The lowest BCUT2D eigenvalue weighted by molar-refractivity contribution is -0.138. The van der Waals surface area contributed by atoms with Gasteiger partial charge in [0.2, 0.25) is 11.8 Å². The molecule has 2 aromatic carbocycles. The number of ether oxygens (including phenoxy) is 1. The molecule has 4 atom stereocenters. The Balaban J connectivity index is 1.41. The Hall–Kier alpha value is -4.45. The maximum Gasteiger partial charge on any atom is 0.408 e. The molecule has 2 aromatic rings. The highest BCUT2D eigenvalue weighted by molar-refractivity contribution is 6.01. The Morgan fingerprint density at radius 1 is 0.955 bits per heavy atom. The summed E-state index contributed by atoms with van der Waals surface area (Å²) in [6.07, 6.45) is -0.166. The monoisotopic (exact) mass is 607 g/mol. The van der Waals surface area contributed by atoms with E-state index in [1.165, 1.54) is 9.80 Å². The number of nitrogens with one attached hydrogen (secondary N) is 2. The average Bonchev–Trinajstić information content (AvgIpc) is 3.59. The van der Waals surface area contributed by atoms with E-state index in [2.05, 4.69) is 10.6 Å². The zero-order chi connectivity index (χ0) is 32.0. The third-order valence-electron chi connectivity index (χ3n) is 7.93. The van der Waals surface area contributed by atoms with Crippen LogP contribution in [0, 0.1) is 5.92 Å². The molecule has 12 nitrogen and oxygen atoms in total. The minimum atomic E-state index is -1.32. The summed E-state index contributed by atoms with van der Waals surface area (Å²) >= 11 is 0. The van der Waals surface area contributed by atoms with Gasteiger partial charge in [-0.05, 0) is 48.6 Å². The molecular formula is C32H41N5O7. The molecule has 0 aromatic heterocycles. The summed E-state index contributed by atoms with van der Waals surface area (Å²) in [5.41, 5.74) is 2.10. The summed E-state index contributed by atoms with van der Waals surface area (Å²) in [6.45, 7) is 3.15. The summed E-state index contributed by atoms with van der Waals surface area (Å²) in [4.78, 5) is 70.6. The third kappa shape index (κ3) is 7.54. The van der Waals surface area contributed by atoms with E-state index in [-0.39, 0.29) is 37.3 Å². The first-order chi connectivity index (χ1) is 21.0. The van der Waals surface area contributed by atoms with E-state index in [0.717, 1.165) is 11.3 Å². The number of likely N-dealkylation sites (tertiary alicyclic amines) is 2. The Bertz CT molecular complexity index is 1350. The molecule has 2 saturated heterocycles. The van der Waals surface area contributed by atoms with Crippen molar-refractivity contribution < 1.29 is 33.8 Å². The molecule has 2 heterocycles. The fourth-order valence-corrected chi connectivity index (χ4v) is 5.70. The highest BCUT2D eigenvalue weighted by atomic mass is 16.5. The van der Waals surface area contributed by atoms with E-state index in [1.54, 1.807) is 36.4 Å². The van der Waals surface area contributed by atoms with Crippen LogP contribution in [0.15, 0.2) is 54.6 Å². The van der Waals surface area contributed by atoms with Gasteiger partial charge in [0.1, 0.15) is 24.7 Å². The third-order valence-corrected chi connectivity index (χ3v) is 7.93. The number of carbonyl (C=O) groups is 5. The number of anilines is 1. The van der Waals surface area contributed by atoms with Gasteiger partial charge in [-0.3, -0.25) is 19.2 Å². The quantitative estimate of drug-likeness (QED) is 0.349. The predicted molar refractivity (Wildman–Crippen MR) is 163 cm³/mol. The molecule has 0 unspecified atom stereocenters. The van der Waals surface area contributed by atoms with Crippen molar-refractivity contribution in [3.8, 4) is 0 Å². The number of amides is 4. The summed E-state index contributed by atoms with van der Waals surface area (Å²) in [7, 11) is 3.80. The topological polar surface area (TPSA) is 149 Å². The van der Waals surface area contributed by atoms with Crippen molar-refractivity contribution in [2.75, 3.05) is 38.7 Å². The molecule has 0 spiro atoms. The Morgan fingerprint density at radius 2 is 1.61 bits per heavy atom. The van der Waals surface area contributed by atoms with E-state index in [1.807, 2.05) is 51.0 Å². The fourth-order valence-electron chi connectivity index (χ4n) is 5.70. The second kappa shape index (κ2) is 14.3. The number of benzene rings is 2. The van der Waals surface area contributed by atoms with E-state index < -0.39 is 48.7 Å². The number of Topliss-reactive ketones (excluding diaryl/α,β-unsaturated/α-hetero) is 1. The first-order valence-corrected chi connectivity index (χ1v) is 14.8. The summed E-state index contributed by atoms with van der Waals surface area (Å²) in [5, 5.41) is 15.2. The number of carbonyl (C=O) groups excluding carboxylic acids is 5. The van der Waals surface area contributed by atoms with Gasteiger partial charge in [0, 0.05) is 31.9 Å². The second-order valence-corrected chi connectivity index (χ2v) is 11.8. The molecule has 4 amide bonds. The predicted octanol–water partition coefficient (Wildman–Crippen LogP) is 1.57. The molecule has 0 saturated carbocycles. The molecule has 44 heavy (non-hydrogen) atoms. The van der Waals surface area contributed by atoms with Gasteiger partial charge in [-0.25, -0.2) is 4.79 Å². The minimum absolute atomic E-state index is 0.0154. The molecule has 2 fully saturated rings. The van der Waals surface area contributed by atoms with Crippen LogP contribution < -0.4 is 15.5 Å². The van der Waals surface area contributed by atoms with E-state index in [0.29, 0.717) is 18.4 Å². The van der Waals surface area contributed by atoms with Crippen molar-refractivity contribution in [3.63, 3.8) is 0 Å². The largest absolute Gasteiger partial charge is 0.445 e. The second-order valence-electron chi connectivity index (χ2n) is 11.8. The molecule has 0 radical (unpaired) electrons. The maximum atomic E-state index is 13.8. The van der Waals surface area contributed by atoms with Crippen LogP contribution in [0.3, 0.4) is 0 Å². The normalized spacial score (nSPS) is 18.9. The van der Waals surface area contributed by atoms with Crippen molar-refractivity contribution in [1.29, 1.82) is 0 Å². The molecule has 236 valence electrons. The number of nitrogens with zero attached hydrogens (tertiary/aromatic N) is 3. The van der Waals surface area contributed by atoms with E-state index in [4.69, 9.17) is 4.74 Å². The zero-order valence-electron chi connectivity index (χ0n) is 25.6. The lowest BCUT2D eigenvalue weighted by atomic mass is 10.0. The van der Waals surface area contributed by atoms with Gasteiger partial charge in [-0.2, -0.15) is 0 Å². The highest BCUT2D eigenvalue weighted by Crippen LogP contribution is 2.31.